The van der Waals surface area contributed by atoms with Gasteiger partial charge in [0.1, 0.15) is 6.54 Å². The van der Waals surface area contributed by atoms with Crippen LogP contribution in [0.15, 0.2) is 60.7 Å². The van der Waals surface area contributed by atoms with Crippen LogP contribution in [0.1, 0.15) is 5.56 Å². The Balaban J connectivity index is 2.79. The van der Waals surface area contributed by atoms with Crippen molar-refractivity contribution in [1.82, 2.24) is 3.29 Å². The molecule has 2 rings (SSSR count). The minimum absolute atomic E-state index is 0.295. The van der Waals surface area contributed by atoms with Gasteiger partial charge in [-0.25, -0.2) is 9.11 Å². The lowest BCUT2D eigenvalue weighted by Gasteiger charge is -2.28. The van der Waals surface area contributed by atoms with E-state index in [4.69, 9.17) is 0 Å². The second-order valence-corrected chi connectivity index (χ2v) is 7.82. The molecule has 2 aromatic rings. The first-order chi connectivity index (χ1) is 10.2. The summed E-state index contributed by atoms with van der Waals surface area (Å²) in [6, 6.07) is 14.6. The Hall–Kier alpha value is -1.78. The summed E-state index contributed by atoms with van der Waals surface area (Å²) in [6.07, 6.45) is 0. The number of nitrogens with zero attached hydrogens (tertiary/aromatic N) is 1. The monoisotopic (exact) mass is 344 g/mol. The smallest absolute Gasteiger partial charge is 0.240 e. The highest BCUT2D eigenvalue weighted by Crippen LogP contribution is 2.33. The van der Waals surface area contributed by atoms with Gasteiger partial charge in [-0.3, -0.25) is 0 Å². The second-order valence-electron chi connectivity index (χ2n) is 4.55. The average Bonchev–Trinajstić information content (AvgIpc) is 2.44. The van der Waals surface area contributed by atoms with E-state index in [1.807, 2.05) is 0 Å². The number of para-hydroxylation sites is 1. The van der Waals surface area contributed by atoms with Crippen LogP contribution >= 0.6 is 0 Å². The van der Waals surface area contributed by atoms with Crippen molar-refractivity contribution in [1.29, 1.82) is 0 Å². The lowest BCUT2D eigenvalue weighted by molar-refractivity contribution is 0.377. The summed E-state index contributed by atoms with van der Waals surface area (Å²) in [5.74, 6) is 0. The van der Waals surface area contributed by atoms with E-state index in [2.05, 4.69) is 0 Å². The predicted octanol–water partition coefficient (Wildman–Crippen LogP) is 1.80. The van der Waals surface area contributed by atoms with Gasteiger partial charge in [-0.1, -0.05) is 48.5 Å². The molecule has 0 saturated carbocycles. The molecule has 22 heavy (non-hydrogen) atoms. The molecular formula is C13H14NO6S2+. The van der Waals surface area contributed by atoms with E-state index in [1.54, 1.807) is 24.3 Å². The first kappa shape index (κ1) is 16.6. The third kappa shape index (κ3) is 2.89. The molecule has 9 heteroatoms. The van der Waals surface area contributed by atoms with Crippen LogP contribution in [0.3, 0.4) is 0 Å². The third-order valence-corrected chi connectivity index (χ3v) is 6.43. The van der Waals surface area contributed by atoms with E-state index in [0.29, 0.717) is 5.56 Å². The maximum Gasteiger partial charge on any atom is 0.455 e. The third-order valence-electron chi connectivity index (χ3n) is 3.13. The van der Waals surface area contributed by atoms with Crippen LogP contribution < -0.4 is 3.29 Å². The van der Waals surface area contributed by atoms with Crippen LogP contribution in [0.4, 0.5) is 5.69 Å². The molecule has 0 aliphatic heterocycles. The molecule has 2 N–H and O–H groups in total. The molecule has 0 bridgehead atoms. The number of benzene rings is 2. The molecule has 0 heterocycles. The van der Waals surface area contributed by atoms with Gasteiger partial charge in [0.25, 0.3) is 0 Å². The highest BCUT2D eigenvalue weighted by molar-refractivity contribution is 8.01. The minimum atomic E-state index is -5.24. The Kier molecular flexibility index (Phi) is 4.36. The van der Waals surface area contributed by atoms with Gasteiger partial charge in [0.15, 0.2) is 5.69 Å². The molecule has 0 radical (unpaired) electrons. The maximum absolute atomic E-state index is 11.9. The van der Waals surface area contributed by atoms with Crippen molar-refractivity contribution in [2.45, 2.75) is 6.54 Å². The molecule has 0 atom stereocenters. The van der Waals surface area contributed by atoms with Crippen LogP contribution in [0.25, 0.3) is 0 Å². The van der Waals surface area contributed by atoms with Gasteiger partial charge in [0.2, 0.25) is 0 Å². The topological polar surface area (TPSA) is 109 Å². The zero-order valence-electron chi connectivity index (χ0n) is 11.3. The SMILES string of the molecule is O=S(=O)(O)[N+](Cc1ccccc1)(c1ccccc1)S(=O)(=O)O. The van der Waals surface area contributed by atoms with E-state index >= 15 is 0 Å². The lowest BCUT2D eigenvalue weighted by Crippen LogP contribution is -2.56. The zero-order chi connectivity index (χ0) is 16.4. The zero-order valence-corrected chi connectivity index (χ0v) is 12.9. The van der Waals surface area contributed by atoms with Gasteiger partial charge in [0.05, 0.1) is 0 Å². The highest BCUT2D eigenvalue weighted by Gasteiger charge is 2.55. The molecule has 0 fully saturated rings. The molecule has 0 saturated heterocycles. The molecule has 0 unspecified atom stereocenters. The number of quaternary nitrogens is 1. The normalized spacial score (nSPS) is 13.0. The van der Waals surface area contributed by atoms with Gasteiger partial charge >= 0.3 is 20.6 Å². The van der Waals surface area contributed by atoms with Crippen molar-refractivity contribution >= 4 is 26.3 Å². The first-order valence-corrected chi connectivity index (χ1v) is 8.91. The van der Waals surface area contributed by atoms with E-state index in [-0.39, 0.29) is 5.69 Å². The van der Waals surface area contributed by atoms with Crippen LogP contribution in [0.5, 0.6) is 0 Å². The quantitative estimate of drug-likeness (QED) is 0.632. The summed E-state index contributed by atoms with van der Waals surface area (Å²) in [4.78, 5) is 0. The van der Waals surface area contributed by atoms with E-state index < -0.39 is 30.4 Å². The summed E-state index contributed by atoms with van der Waals surface area (Å²) < 4.78 is 64.7. The van der Waals surface area contributed by atoms with Crippen molar-refractivity contribution in [3.8, 4) is 0 Å². The number of hydrogen-bond acceptors (Lipinski definition) is 4. The standard InChI is InChI=1S/C13H13NO6S2/c15-21(16,17)14(22(18,19)20,13-9-5-2-6-10-13)11-12-7-3-1-4-8-12/h1-10H,11H2,(H-,15,16,17,18,19,20)/p+1. The fraction of sp³-hybridized carbons (Fsp3) is 0.0769. The predicted molar refractivity (Wildman–Crippen MR) is 81.5 cm³/mol. The van der Waals surface area contributed by atoms with Gasteiger partial charge < -0.3 is 0 Å². The second kappa shape index (κ2) is 5.78. The van der Waals surface area contributed by atoms with Crippen LogP contribution in [0.2, 0.25) is 0 Å². The van der Waals surface area contributed by atoms with Gasteiger partial charge in [-0.2, -0.15) is 0 Å². The minimum Gasteiger partial charge on any atom is -0.240 e. The van der Waals surface area contributed by atoms with Crippen molar-refractivity contribution in [2.75, 3.05) is 0 Å². The Bertz CT molecular complexity index is 816. The van der Waals surface area contributed by atoms with E-state index in [9.17, 15) is 25.9 Å². The molecule has 0 amide bonds. The maximum atomic E-state index is 11.9. The Morgan fingerprint density at radius 2 is 1.14 bits per heavy atom. The van der Waals surface area contributed by atoms with Crippen LogP contribution in [0, 0.1) is 0 Å². The Labute approximate surface area is 128 Å². The number of rotatable bonds is 5. The average molecular weight is 344 g/mol. The molecular weight excluding hydrogens is 330 g/mol. The van der Waals surface area contributed by atoms with Gasteiger partial charge in [0, 0.05) is 17.7 Å². The molecule has 0 aliphatic rings. The largest absolute Gasteiger partial charge is 0.455 e. The van der Waals surface area contributed by atoms with Crippen molar-refractivity contribution in [2.24, 2.45) is 0 Å². The Morgan fingerprint density at radius 3 is 1.55 bits per heavy atom. The van der Waals surface area contributed by atoms with Crippen LogP contribution in [-0.4, -0.2) is 25.9 Å². The van der Waals surface area contributed by atoms with Crippen LogP contribution in [-0.2, 0) is 27.2 Å². The fourth-order valence-corrected chi connectivity index (χ4v) is 4.47. The summed E-state index contributed by atoms with van der Waals surface area (Å²) in [7, 11) is -10.5. The van der Waals surface area contributed by atoms with Gasteiger partial charge in [-0.05, 0) is 3.29 Å². The molecule has 2 aromatic carbocycles. The summed E-state index contributed by atoms with van der Waals surface area (Å²) in [5.41, 5.74) is 0.0120. The van der Waals surface area contributed by atoms with Gasteiger partial charge in [-0.15, -0.1) is 16.8 Å². The number of hydrogen-bond donors (Lipinski definition) is 2. The van der Waals surface area contributed by atoms with E-state index in [1.165, 1.54) is 36.4 Å². The highest BCUT2D eigenvalue weighted by atomic mass is 32.3. The molecule has 0 aliphatic carbocycles. The Morgan fingerprint density at radius 1 is 0.727 bits per heavy atom. The fourth-order valence-electron chi connectivity index (χ4n) is 2.12. The first-order valence-electron chi connectivity index (χ1n) is 6.11. The van der Waals surface area contributed by atoms with Crippen molar-refractivity contribution in [3.05, 3.63) is 66.2 Å². The van der Waals surface area contributed by atoms with Crippen molar-refractivity contribution < 1.29 is 25.9 Å². The summed E-state index contributed by atoms with van der Waals surface area (Å²) in [6.45, 7) is -0.678. The van der Waals surface area contributed by atoms with E-state index in [0.717, 1.165) is 0 Å². The molecule has 7 nitrogen and oxygen atoms in total. The van der Waals surface area contributed by atoms with Crippen molar-refractivity contribution in [3.63, 3.8) is 0 Å². The summed E-state index contributed by atoms with van der Waals surface area (Å²) in [5, 5.41) is 0. The molecule has 0 aromatic heterocycles. The summed E-state index contributed by atoms with van der Waals surface area (Å²) >= 11 is 0. The lowest BCUT2D eigenvalue weighted by atomic mass is 10.2. The molecule has 0 spiro atoms. The molecule has 118 valence electrons.